The fourth-order valence-corrected chi connectivity index (χ4v) is 3.67. The van der Waals surface area contributed by atoms with Crippen LogP contribution in [-0.2, 0) is 0 Å². The average Bonchev–Trinajstić information content (AvgIpc) is 3.09. The van der Waals surface area contributed by atoms with E-state index in [9.17, 15) is 9.90 Å². The van der Waals surface area contributed by atoms with Crippen molar-refractivity contribution in [2.24, 2.45) is 0 Å². The van der Waals surface area contributed by atoms with Crippen molar-refractivity contribution in [3.05, 3.63) is 46.1 Å². The van der Waals surface area contributed by atoms with E-state index in [1.54, 1.807) is 0 Å². The number of aromatic nitrogens is 2. The number of carbonyl (C=O) groups is 1. The number of aromatic carboxylic acids is 1. The first-order chi connectivity index (χ1) is 10.1. The van der Waals surface area contributed by atoms with Gasteiger partial charge in [0.25, 0.3) is 0 Å². The molecule has 0 radical (unpaired) electrons. The molecule has 1 fully saturated rings. The molecule has 1 saturated carbocycles. The van der Waals surface area contributed by atoms with E-state index in [4.69, 9.17) is 11.6 Å². The van der Waals surface area contributed by atoms with Crippen molar-refractivity contribution in [3.8, 4) is 11.3 Å². The third kappa shape index (κ3) is 2.13. The zero-order valence-electron chi connectivity index (χ0n) is 10.9. The zero-order chi connectivity index (χ0) is 14.6. The fourth-order valence-electron chi connectivity index (χ4n) is 2.51. The number of rotatable bonds is 3. The van der Waals surface area contributed by atoms with Crippen molar-refractivity contribution < 1.29 is 9.90 Å². The molecule has 2 aromatic heterocycles. The Morgan fingerprint density at radius 2 is 2.05 bits per heavy atom. The van der Waals surface area contributed by atoms with Gasteiger partial charge in [0.1, 0.15) is 4.88 Å². The highest BCUT2D eigenvalue weighted by atomic mass is 35.5. The van der Waals surface area contributed by atoms with E-state index in [2.05, 4.69) is 4.98 Å². The van der Waals surface area contributed by atoms with Gasteiger partial charge >= 0.3 is 5.97 Å². The number of thiazole rings is 1. The van der Waals surface area contributed by atoms with E-state index < -0.39 is 5.97 Å². The molecule has 0 bridgehead atoms. The molecule has 0 spiro atoms. The maximum atomic E-state index is 11.4. The number of carboxylic acid groups (broad SMARTS) is 1. The van der Waals surface area contributed by atoms with Gasteiger partial charge in [-0.2, -0.15) is 0 Å². The predicted molar refractivity (Wildman–Crippen MR) is 82.4 cm³/mol. The molecule has 4 nitrogen and oxygen atoms in total. The van der Waals surface area contributed by atoms with Crippen LogP contribution in [0.3, 0.4) is 0 Å². The summed E-state index contributed by atoms with van der Waals surface area (Å²) in [4.78, 5) is 17.1. The number of hydrogen-bond acceptors (Lipinski definition) is 3. The SMILES string of the molecule is O=C(O)c1sc2nc(-c3ccc(Cl)cc3)cn2c1C1CC1. The Labute approximate surface area is 129 Å². The molecule has 0 saturated heterocycles. The van der Waals surface area contributed by atoms with E-state index in [-0.39, 0.29) is 0 Å². The van der Waals surface area contributed by atoms with E-state index in [1.807, 2.05) is 34.9 Å². The van der Waals surface area contributed by atoms with Crippen LogP contribution in [0.4, 0.5) is 0 Å². The maximum absolute atomic E-state index is 11.4. The molecule has 1 aromatic carbocycles. The molecular weight excluding hydrogens is 308 g/mol. The van der Waals surface area contributed by atoms with Gasteiger partial charge in [-0.3, -0.25) is 4.40 Å². The molecule has 1 aliphatic carbocycles. The van der Waals surface area contributed by atoms with E-state index in [0.29, 0.717) is 15.8 Å². The van der Waals surface area contributed by atoms with Gasteiger partial charge in [0.2, 0.25) is 0 Å². The lowest BCUT2D eigenvalue weighted by atomic mass is 10.2. The van der Waals surface area contributed by atoms with Crippen molar-refractivity contribution in [2.75, 3.05) is 0 Å². The van der Waals surface area contributed by atoms with Gasteiger partial charge in [0.05, 0.1) is 11.4 Å². The Hall–Kier alpha value is -1.85. The minimum absolute atomic E-state index is 0.358. The van der Waals surface area contributed by atoms with Crippen molar-refractivity contribution in [1.29, 1.82) is 0 Å². The second kappa shape index (κ2) is 4.58. The highest BCUT2D eigenvalue weighted by molar-refractivity contribution is 7.19. The normalized spacial score (nSPS) is 14.7. The van der Waals surface area contributed by atoms with Gasteiger partial charge in [0, 0.05) is 22.7 Å². The van der Waals surface area contributed by atoms with Gasteiger partial charge in [-0.05, 0) is 25.0 Å². The number of benzene rings is 1. The fraction of sp³-hybridized carbons (Fsp3) is 0.200. The highest BCUT2D eigenvalue weighted by Gasteiger charge is 2.33. The highest BCUT2D eigenvalue weighted by Crippen LogP contribution is 2.44. The summed E-state index contributed by atoms with van der Waals surface area (Å²) in [6, 6.07) is 7.50. The molecule has 0 aliphatic heterocycles. The summed E-state index contributed by atoms with van der Waals surface area (Å²) in [6.07, 6.45) is 4.04. The van der Waals surface area contributed by atoms with Gasteiger partial charge in [-0.1, -0.05) is 35.1 Å². The Morgan fingerprint density at radius 1 is 1.33 bits per heavy atom. The summed E-state index contributed by atoms with van der Waals surface area (Å²) in [6.45, 7) is 0. The quantitative estimate of drug-likeness (QED) is 0.783. The average molecular weight is 319 g/mol. The van der Waals surface area contributed by atoms with Crippen LogP contribution in [0.5, 0.6) is 0 Å². The van der Waals surface area contributed by atoms with Crippen LogP contribution in [-0.4, -0.2) is 20.5 Å². The van der Waals surface area contributed by atoms with E-state index in [0.717, 1.165) is 34.8 Å². The number of carboxylic acids is 1. The van der Waals surface area contributed by atoms with Gasteiger partial charge in [-0.25, -0.2) is 9.78 Å². The van der Waals surface area contributed by atoms with E-state index >= 15 is 0 Å². The largest absolute Gasteiger partial charge is 0.477 e. The van der Waals surface area contributed by atoms with Crippen molar-refractivity contribution in [3.63, 3.8) is 0 Å². The van der Waals surface area contributed by atoms with Crippen LogP contribution in [0.15, 0.2) is 30.5 Å². The first-order valence-corrected chi connectivity index (χ1v) is 7.84. The third-order valence-electron chi connectivity index (χ3n) is 3.66. The Balaban J connectivity index is 1.87. The molecule has 2 heterocycles. The lowest BCUT2D eigenvalue weighted by molar-refractivity contribution is 0.0700. The minimum Gasteiger partial charge on any atom is -0.477 e. The summed E-state index contributed by atoms with van der Waals surface area (Å²) in [5, 5.41) is 10.0. The number of fused-ring (bicyclic) bond motifs is 1. The molecule has 0 unspecified atom stereocenters. The lowest BCUT2D eigenvalue weighted by Crippen LogP contribution is -1.99. The van der Waals surface area contributed by atoms with E-state index in [1.165, 1.54) is 11.3 Å². The molecule has 4 rings (SSSR count). The van der Waals surface area contributed by atoms with Crippen LogP contribution in [0.25, 0.3) is 16.2 Å². The second-order valence-corrected chi connectivity index (χ2v) is 6.60. The number of halogens is 1. The summed E-state index contributed by atoms with van der Waals surface area (Å²) in [5.74, 6) is -0.502. The zero-order valence-corrected chi connectivity index (χ0v) is 12.5. The van der Waals surface area contributed by atoms with Crippen molar-refractivity contribution in [2.45, 2.75) is 18.8 Å². The van der Waals surface area contributed by atoms with Crippen LogP contribution in [0.2, 0.25) is 5.02 Å². The molecule has 6 heteroatoms. The summed E-state index contributed by atoms with van der Waals surface area (Å²) < 4.78 is 1.94. The predicted octanol–water partition coefficient (Wildman–Crippen LogP) is 4.29. The summed E-state index contributed by atoms with van der Waals surface area (Å²) >= 11 is 7.14. The molecule has 0 atom stereocenters. The standard InChI is InChI=1S/C15H11ClN2O2S/c16-10-5-3-8(4-6-10)11-7-18-12(9-1-2-9)13(14(19)20)21-15(18)17-11/h3-7,9H,1-2H2,(H,19,20). The lowest BCUT2D eigenvalue weighted by Gasteiger charge is -1.99. The first-order valence-electron chi connectivity index (χ1n) is 6.64. The van der Waals surface area contributed by atoms with Crippen molar-refractivity contribution >= 4 is 33.9 Å². The van der Waals surface area contributed by atoms with Gasteiger partial charge < -0.3 is 5.11 Å². The van der Waals surface area contributed by atoms with Gasteiger partial charge in [0.15, 0.2) is 4.96 Å². The second-order valence-electron chi connectivity index (χ2n) is 5.18. The third-order valence-corrected chi connectivity index (χ3v) is 4.97. The molecular formula is C15H11ClN2O2S. The Kier molecular flexibility index (Phi) is 2.80. The number of imidazole rings is 1. The Morgan fingerprint density at radius 3 is 2.67 bits per heavy atom. The maximum Gasteiger partial charge on any atom is 0.347 e. The van der Waals surface area contributed by atoms with Gasteiger partial charge in [-0.15, -0.1) is 0 Å². The Bertz CT molecular complexity index is 847. The molecule has 0 amide bonds. The molecule has 106 valence electrons. The molecule has 1 aliphatic rings. The van der Waals surface area contributed by atoms with Crippen LogP contribution in [0, 0.1) is 0 Å². The number of hydrogen-bond donors (Lipinski definition) is 1. The first kappa shape index (κ1) is 12.9. The molecule has 21 heavy (non-hydrogen) atoms. The van der Waals surface area contributed by atoms with Crippen LogP contribution in [0.1, 0.15) is 34.1 Å². The summed E-state index contributed by atoms with van der Waals surface area (Å²) in [7, 11) is 0. The molecule has 3 aromatic rings. The summed E-state index contributed by atoms with van der Waals surface area (Å²) in [5.41, 5.74) is 2.72. The van der Waals surface area contributed by atoms with Crippen molar-refractivity contribution in [1.82, 2.24) is 9.38 Å². The smallest absolute Gasteiger partial charge is 0.347 e. The molecule has 1 N–H and O–H groups in total. The van der Waals surface area contributed by atoms with Crippen LogP contribution < -0.4 is 0 Å². The number of nitrogens with zero attached hydrogens (tertiary/aromatic N) is 2. The monoisotopic (exact) mass is 318 g/mol. The minimum atomic E-state index is -0.861. The topological polar surface area (TPSA) is 54.6 Å². The van der Waals surface area contributed by atoms with Crippen LogP contribution >= 0.6 is 22.9 Å².